The Morgan fingerprint density at radius 1 is 0.958 bits per heavy atom. The van der Waals surface area contributed by atoms with Gasteiger partial charge in [-0.1, -0.05) is 49.4 Å². The second kappa shape index (κ2) is 4.69. The lowest BCUT2D eigenvalue weighted by Crippen LogP contribution is -2.49. The molecule has 4 nitrogen and oxygen atoms in total. The van der Waals surface area contributed by atoms with Crippen LogP contribution in [0.1, 0.15) is 38.3 Å². The van der Waals surface area contributed by atoms with Gasteiger partial charge in [0.2, 0.25) is 0 Å². The van der Waals surface area contributed by atoms with Crippen molar-refractivity contribution in [2.24, 2.45) is 0 Å². The highest BCUT2D eigenvalue weighted by atomic mass is 16.2. The molecule has 0 spiro atoms. The minimum absolute atomic E-state index is 0.259. The third-order valence-corrected chi connectivity index (χ3v) is 5.32. The molecule has 0 bridgehead atoms. The average molecular weight is 320 g/mol. The molecule has 1 unspecified atom stereocenters. The van der Waals surface area contributed by atoms with Gasteiger partial charge >= 0.3 is 5.69 Å². The van der Waals surface area contributed by atoms with Crippen molar-refractivity contribution >= 4 is 10.9 Å². The maximum absolute atomic E-state index is 12.5. The van der Waals surface area contributed by atoms with Gasteiger partial charge in [0.1, 0.15) is 0 Å². The summed E-state index contributed by atoms with van der Waals surface area (Å²) in [6.45, 7) is 6.32. The zero-order valence-electron chi connectivity index (χ0n) is 14.1. The first-order chi connectivity index (χ1) is 11.3. The lowest BCUT2D eigenvalue weighted by molar-refractivity contribution is 0.250. The van der Waals surface area contributed by atoms with E-state index < -0.39 is 5.54 Å². The van der Waals surface area contributed by atoms with Gasteiger partial charge in [-0.3, -0.25) is 14.3 Å². The molecule has 122 valence electrons. The number of H-pyrrole nitrogens is 1. The van der Waals surface area contributed by atoms with E-state index in [2.05, 4.69) is 37.9 Å². The number of nitrogens with one attached hydrogen (secondary N) is 1. The van der Waals surface area contributed by atoms with Crippen LogP contribution < -0.4 is 11.2 Å². The summed E-state index contributed by atoms with van der Waals surface area (Å²) in [6, 6.07) is 16.1. The Morgan fingerprint density at radius 2 is 1.67 bits per heavy atom. The first kappa shape index (κ1) is 14.9. The Labute approximate surface area is 139 Å². The molecule has 1 aliphatic rings. The van der Waals surface area contributed by atoms with Gasteiger partial charge in [-0.15, -0.1) is 0 Å². The van der Waals surface area contributed by atoms with Gasteiger partial charge in [0.05, 0.1) is 10.9 Å². The van der Waals surface area contributed by atoms with Crippen LogP contribution in [-0.4, -0.2) is 9.55 Å². The third kappa shape index (κ3) is 1.86. The monoisotopic (exact) mass is 320 g/mol. The highest BCUT2D eigenvalue weighted by Crippen LogP contribution is 2.47. The maximum Gasteiger partial charge on any atom is 0.329 e. The number of para-hydroxylation sites is 1. The number of hydrogen-bond donors (Lipinski definition) is 1. The maximum atomic E-state index is 12.5. The predicted octanol–water partition coefficient (Wildman–Crippen LogP) is 3.13. The highest BCUT2D eigenvalue weighted by molar-refractivity contribution is 5.84. The second-order valence-corrected chi connectivity index (χ2v) is 7.48. The van der Waals surface area contributed by atoms with Crippen LogP contribution in [0.2, 0.25) is 0 Å². The Kier molecular flexibility index (Phi) is 2.92. The summed E-state index contributed by atoms with van der Waals surface area (Å²) in [6.07, 6.45) is 0.780. The van der Waals surface area contributed by atoms with Gasteiger partial charge in [0.25, 0.3) is 5.56 Å². The number of benzene rings is 2. The highest BCUT2D eigenvalue weighted by Gasteiger charge is 2.43. The fraction of sp³-hybridized carbons (Fsp3) is 0.300. The SMILES string of the molecule is CC1(c2ccccc2)CC(C)(C)n2c(=O)[nH]c(=O)c3cccc1c32. The second-order valence-electron chi connectivity index (χ2n) is 7.48. The third-order valence-electron chi connectivity index (χ3n) is 5.32. The number of aromatic amines is 1. The zero-order chi connectivity index (χ0) is 17.1. The minimum atomic E-state index is -0.404. The molecule has 0 saturated carbocycles. The van der Waals surface area contributed by atoms with Crippen molar-refractivity contribution in [3.8, 4) is 0 Å². The van der Waals surface area contributed by atoms with Crippen molar-refractivity contribution in [1.29, 1.82) is 0 Å². The molecular weight excluding hydrogens is 300 g/mol. The molecular formula is C20H20N2O2. The van der Waals surface area contributed by atoms with Crippen LogP contribution in [0.5, 0.6) is 0 Å². The Balaban J connectivity index is 2.22. The lowest BCUT2D eigenvalue weighted by Gasteiger charge is -2.45. The molecule has 0 saturated heterocycles. The number of rotatable bonds is 1. The summed E-state index contributed by atoms with van der Waals surface area (Å²) >= 11 is 0. The van der Waals surface area contributed by atoms with Crippen molar-refractivity contribution in [2.75, 3.05) is 0 Å². The minimum Gasteiger partial charge on any atom is -0.287 e. The van der Waals surface area contributed by atoms with Crippen LogP contribution >= 0.6 is 0 Å². The molecule has 4 rings (SSSR count). The summed E-state index contributed by atoms with van der Waals surface area (Å²) in [5.41, 5.74) is 1.68. The van der Waals surface area contributed by atoms with Crippen molar-refractivity contribution in [3.63, 3.8) is 0 Å². The summed E-state index contributed by atoms with van der Waals surface area (Å²) in [5.74, 6) is 0. The van der Waals surface area contributed by atoms with Crippen LogP contribution in [-0.2, 0) is 11.0 Å². The quantitative estimate of drug-likeness (QED) is 0.749. The first-order valence-electron chi connectivity index (χ1n) is 8.19. The predicted molar refractivity (Wildman–Crippen MR) is 95.7 cm³/mol. The fourth-order valence-corrected chi connectivity index (χ4v) is 4.42. The van der Waals surface area contributed by atoms with E-state index in [1.807, 2.05) is 30.3 Å². The van der Waals surface area contributed by atoms with Gasteiger partial charge < -0.3 is 0 Å². The van der Waals surface area contributed by atoms with E-state index in [-0.39, 0.29) is 16.7 Å². The molecule has 1 aromatic heterocycles. The van der Waals surface area contributed by atoms with Crippen molar-refractivity contribution in [3.05, 3.63) is 80.5 Å². The standard InChI is InChI=1S/C20H20N2O2/c1-19(2)12-20(3,13-8-5-4-6-9-13)15-11-7-10-14-16(15)22(19)18(24)21-17(14)23/h4-11H,12H2,1-3H3,(H,21,23,24). The summed E-state index contributed by atoms with van der Waals surface area (Å²) < 4.78 is 1.75. The number of aromatic nitrogens is 2. The Morgan fingerprint density at radius 3 is 2.38 bits per heavy atom. The lowest BCUT2D eigenvalue weighted by atomic mass is 9.66. The Bertz CT molecular complexity index is 1060. The van der Waals surface area contributed by atoms with Gasteiger partial charge in [-0.05, 0) is 37.5 Å². The van der Waals surface area contributed by atoms with Gasteiger partial charge in [-0.25, -0.2) is 4.79 Å². The molecule has 1 aliphatic heterocycles. The van der Waals surface area contributed by atoms with Crippen LogP contribution in [0, 0.1) is 0 Å². The first-order valence-corrected chi connectivity index (χ1v) is 8.19. The van der Waals surface area contributed by atoms with E-state index >= 15 is 0 Å². The molecule has 24 heavy (non-hydrogen) atoms. The largest absolute Gasteiger partial charge is 0.329 e. The van der Waals surface area contributed by atoms with E-state index in [0.29, 0.717) is 5.39 Å². The number of hydrogen-bond acceptors (Lipinski definition) is 2. The van der Waals surface area contributed by atoms with Gasteiger partial charge in [0.15, 0.2) is 0 Å². The topological polar surface area (TPSA) is 54.9 Å². The number of nitrogens with zero attached hydrogens (tertiary/aromatic N) is 1. The zero-order valence-corrected chi connectivity index (χ0v) is 14.1. The molecule has 2 heterocycles. The fourth-order valence-electron chi connectivity index (χ4n) is 4.42. The molecule has 0 aliphatic carbocycles. The molecule has 0 fully saturated rings. The van der Waals surface area contributed by atoms with Crippen LogP contribution in [0.4, 0.5) is 0 Å². The molecule has 3 aromatic rings. The molecule has 0 amide bonds. The summed E-state index contributed by atoms with van der Waals surface area (Å²) in [7, 11) is 0. The average Bonchev–Trinajstić information content (AvgIpc) is 2.53. The van der Waals surface area contributed by atoms with Crippen LogP contribution in [0.15, 0.2) is 58.1 Å². The van der Waals surface area contributed by atoms with Crippen molar-refractivity contribution in [2.45, 2.75) is 38.1 Å². The molecule has 2 aromatic carbocycles. The van der Waals surface area contributed by atoms with E-state index in [4.69, 9.17) is 0 Å². The summed E-state index contributed by atoms with van der Waals surface area (Å²) in [4.78, 5) is 27.3. The van der Waals surface area contributed by atoms with E-state index in [1.165, 1.54) is 5.56 Å². The molecule has 0 radical (unpaired) electrons. The van der Waals surface area contributed by atoms with Gasteiger partial charge in [-0.2, -0.15) is 0 Å². The molecule has 4 heteroatoms. The van der Waals surface area contributed by atoms with Crippen molar-refractivity contribution < 1.29 is 0 Å². The van der Waals surface area contributed by atoms with Gasteiger partial charge in [0, 0.05) is 11.0 Å². The molecule has 1 atom stereocenters. The normalized spacial score (nSPS) is 21.8. The Hall–Kier alpha value is -2.62. The summed E-state index contributed by atoms with van der Waals surface area (Å²) in [5, 5.41) is 0.571. The molecule has 1 N–H and O–H groups in total. The van der Waals surface area contributed by atoms with Crippen molar-refractivity contribution in [1.82, 2.24) is 9.55 Å². The van der Waals surface area contributed by atoms with Crippen LogP contribution in [0.3, 0.4) is 0 Å². The van der Waals surface area contributed by atoms with E-state index in [0.717, 1.165) is 17.5 Å². The van der Waals surface area contributed by atoms with Crippen LogP contribution in [0.25, 0.3) is 10.9 Å². The van der Waals surface area contributed by atoms with E-state index in [1.54, 1.807) is 10.6 Å². The van der Waals surface area contributed by atoms with E-state index in [9.17, 15) is 9.59 Å². The smallest absolute Gasteiger partial charge is 0.287 e.